The number of carbonyl (C=O) groups is 1. The molecule has 1 amide bonds. The van der Waals surface area contributed by atoms with Gasteiger partial charge in [-0.3, -0.25) is 4.79 Å². The molecule has 0 aliphatic carbocycles. The molecule has 23 heavy (non-hydrogen) atoms. The molecule has 2 atom stereocenters. The van der Waals surface area contributed by atoms with Gasteiger partial charge < -0.3 is 15.7 Å². The molecule has 130 valence electrons. The Morgan fingerprint density at radius 2 is 1.91 bits per heavy atom. The second-order valence-electron chi connectivity index (χ2n) is 6.27. The van der Waals surface area contributed by atoms with Gasteiger partial charge in [-0.25, -0.2) is 0 Å². The predicted molar refractivity (Wildman–Crippen MR) is 95.5 cm³/mol. The molecular weight excluding hydrogens is 312 g/mol. The zero-order valence-corrected chi connectivity index (χ0v) is 14.7. The van der Waals surface area contributed by atoms with Crippen LogP contribution in [0.3, 0.4) is 0 Å². The Kier molecular flexibility index (Phi) is 8.59. The summed E-state index contributed by atoms with van der Waals surface area (Å²) in [6.07, 6.45) is 4.06. The van der Waals surface area contributed by atoms with Gasteiger partial charge in [-0.05, 0) is 30.7 Å². The summed E-state index contributed by atoms with van der Waals surface area (Å²) >= 11 is 0. The van der Waals surface area contributed by atoms with Gasteiger partial charge in [0, 0.05) is 13.1 Å². The van der Waals surface area contributed by atoms with Crippen LogP contribution in [-0.2, 0) is 4.79 Å². The molecule has 0 spiro atoms. The summed E-state index contributed by atoms with van der Waals surface area (Å²) in [7, 11) is 0. The lowest BCUT2D eigenvalue weighted by Gasteiger charge is -2.35. The molecule has 1 aromatic rings. The molecule has 0 bridgehead atoms. The van der Waals surface area contributed by atoms with E-state index in [-0.39, 0.29) is 30.3 Å². The van der Waals surface area contributed by atoms with Crippen LogP contribution in [0.5, 0.6) is 0 Å². The van der Waals surface area contributed by atoms with E-state index in [9.17, 15) is 9.90 Å². The molecular formula is C18H29ClN2O2. The Labute approximate surface area is 145 Å². The number of halogens is 1. The Balaban J connectivity index is 0.00000264. The van der Waals surface area contributed by atoms with E-state index in [1.807, 2.05) is 35.2 Å². The van der Waals surface area contributed by atoms with E-state index in [1.165, 1.54) is 0 Å². The highest BCUT2D eigenvalue weighted by molar-refractivity contribution is 5.85. The van der Waals surface area contributed by atoms with Crippen molar-refractivity contribution in [3.63, 3.8) is 0 Å². The van der Waals surface area contributed by atoms with Crippen LogP contribution in [0.25, 0.3) is 0 Å². The molecule has 1 heterocycles. The molecule has 1 aliphatic rings. The normalized spacial score (nSPS) is 18.1. The maximum atomic E-state index is 12.3. The third-order valence-corrected chi connectivity index (χ3v) is 4.62. The predicted octanol–water partition coefficient (Wildman–Crippen LogP) is 2.90. The Morgan fingerprint density at radius 1 is 1.30 bits per heavy atom. The van der Waals surface area contributed by atoms with Crippen molar-refractivity contribution >= 4 is 18.3 Å². The van der Waals surface area contributed by atoms with E-state index in [4.69, 9.17) is 5.73 Å². The maximum absolute atomic E-state index is 12.3. The van der Waals surface area contributed by atoms with Crippen LogP contribution in [-0.4, -0.2) is 35.0 Å². The first kappa shape index (κ1) is 19.9. The zero-order valence-electron chi connectivity index (χ0n) is 13.9. The van der Waals surface area contributed by atoms with Gasteiger partial charge in [-0.2, -0.15) is 0 Å². The minimum absolute atomic E-state index is 0. The highest BCUT2D eigenvalue weighted by Gasteiger charge is 2.29. The number of carbonyl (C=O) groups excluding carboxylic acids is 1. The van der Waals surface area contributed by atoms with Crippen LogP contribution in [0.15, 0.2) is 30.3 Å². The van der Waals surface area contributed by atoms with Gasteiger partial charge in [0.1, 0.15) is 0 Å². The van der Waals surface area contributed by atoms with Crippen LogP contribution in [0.1, 0.15) is 50.7 Å². The van der Waals surface area contributed by atoms with E-state index < -0.39 is 6.10 Å². The summed E-state index contributed by atoms with van der Waals surface area (Å²) in [4.78, 5) is 14.2. The number of benzene rings is 1. The molecule has 0 radical (unpaired) electrons. The average Bonchev–Trinajstić information content (AvgIpc) is 2.59. The number of rotatable bonds is 6. The SMILES string of the molecule is CCCCC(N)C(=O)N1CCC(C(O)c2ccccc2)CC1.Cl. The monoisotopic (exact) mass is 340 g/mol. The molecule has 0 aromatic heterocycles. The first-order valence-corrected chi connectivity index (χ1v) is 8.40. The molecule has 2 unspecified atom stereocenters. The van der Waals surface area contributed by atoms with Gasteiger partial charge in [0.05, 0.1) is 12.1 Å². The highest BCUT2D eigenvalue weighted by Crippen LogP contribution is 2.30. The van der Waals surface area contributed by atoms with Gasteiger partial charge in [-0.1, -0.05) is 50.1 Å². The number of aliphatic hydroxyl groups is 1. The molecule has 1 aromatic carbocycles. The first-order chi connectivity index (χ1) is 10.6. The van der Waals surface area contributed by atoms with E-state index in [0.29, 0.717) is 13.1 Å². The third kappa shape index (κ3) is 5.48. The van der Waals surface area contributed by atoms with Gasteiger partial charge in [0.25, 0.3) is 0 Å². The fraction of sp³-hybridized carbons (Fsp3) is 0.611. The molecule has 3 N–H and O–H groups in total. The fourth-order valence-electron chi connectivity index (χ4n) is 3.14. The van der Waals surface area contributed by atoms with Gasteiger partial charge in [-0.15, -0.1) is 12.4 Å². The number of hydrogen-bond acceptors (Lipinski definition) is 3. The number of unbranched alkanes of at least 4 members (excludes halogenated alkanes) is 1. The van der Waals surface area contributed by atoms with Crippen LogP contribution in [0, 0.1) is 5.92 Å². The summed E-state index contributed by atoms with van der Waals surface area (Å²) < 4.78 is 0. The zero-order chi connectivity index (χ0) is 15.9. The maximum Gasteiger partial charge on any atom is 0.239 e. The van der Waals surface area contributed by atoms with E-state index in [0.717, 1.165) is 37.7 Å². The first-order valence-electron chi connectivity index (χ1n) is 8.40. The van der Waals surface area contributed by atoms with Crippen molar-refractivity contribution in [2.24, 2.45) is 11.7 Å². The van der Waals surface area contributed by atoms with Gasteiger partial charge in [0.2, 0.25) is 5.91 Å². The molecule has 1 saturated heterocycles. The minimum atomic E-state index is -0.438. The second kappa shape index (κ2) is 9.91. The van der Waals surface area contributed by atoms with Crippen molar-refractivity contribution in [3.05, 3.63) is 35.9 Å². The molecule has 0 saturated carbocycles. The van der Waals surface area contributed by atoms with Crippen molar-refractivity contribution in [1.82, 2.24) is 4.90 Å². The number of amides is 1. The molecule has 2 rings (SSSR count). The van der Waals surface area contributed by atoms with Crippen molar-refractivity contribution in [2.75, 3.05) is 13.1 Å². The van der Waals surface area contributed by atoms with Crippen molar-refractivity contribution in [2.45, 2.75) is 51.2 Å². The number of hydrogen-bond donors (Lipinski definition) is 2. The Morgan fingerprint density at radius 3 is 2.48 bits per heavy atom. The van der Waals surface area contributed by atoms with Gasteiger partial charge in [0.15, 0.2) is 0 Å². The van der Waals surface area contributed by atoms with Crippen LogP contribution < -0.4 is 5.73 Å². The fourth-order valence-corrected chi connectivity index (χ4v) is 3.14. The second-order valence-corrected chi connectivity index (χ2v) is 6.27. The Hall–Kier alpha value is -1.10. The van der Waals surface area contributed by atoms with Crippen LogP contribution in [0.2, 0.25) is 0 Å². The lowest BCUT2D eigenvalue weighted by Crippen LogP contribution is -2.47. The van der Waals surface area contributed by atoms with Gasteiger partial charge >= 0.3 is 0 Å². The summed E-state index contributed by atoms with van der Waals surface area (Å²) in [5.74, 6) is 0.291. The lowest BCUT2D eigenvalue weighted by atomic mass is 9.87. The molecule has 5 heteroatoms. The number of aliphatic hydroxyl groups excluding tert-OH is 1. The number of nitrogens with zero attached hydrogens (tertiary/aromatic N) is 1. The average molecular weight is 341 g/mol. The summed E-state index contributed by atoms with van der Waals surface area (Å²) in [5.41, 5.74) is 6.94. The topological polar surface area (TPSA) is 66.6 Å². The molecule has 4 nitrogen and oxygen atoms in total. The van der Waals surface area contributed by atoms with Crippen molar-refractivity contribution in [3.8, 4) is 0 Å². The van der Waals surface area contributed by atoms with Crippen molar-refractivity contribution < 1.29 is 9.90 Å². The van der Waals surface area contributed by atoms with Crippen LogP contribution in [0.4, 0.5) is 0 Å². The molecule has 1 fully saturated rings. The number of likely N-dealkylation sites (tertiary alicyclic amines) is 1. The summed E-state index contributed by atoms with van der Waals surface area (Å²) in [6, 6.07) is 9.41. The lowest BCUT2D eigenvalue weighted by molar-refractivity contribution is -0.134. The third-order valence-electron chi connectivity index (χ3n) is 4.62. The van der Waals surface area contributed by atoms with E-state index in [2.05, 4.69) is 6.92 Å². The standard InChI is InChI=1S/C18H28N2O2.ClH/c1-2-3-9-16(19)18(22)20-12-10-15(11-13-20)17(21)14-7-5-4-6-8-14;/h4-8,15-17,21H,2-3,9-13,19H2,1H3;1H. The summed E-state index contributed by atoms with van der Waals surface area (Å²) in [6.45, 7) is 3.51. The van der Waals surface area contributed by atoms with E-state index in [1.54, 1.807) is 0 Å². The van der Waals surface area contributed by atoms with E-state index >= 15 is 0 Å². The number of piperidine rings is 1. The minimum Gasteiger partial charge on any atom is -0.388 e. The van der Waals surface area contributed by atoms with Crippen molar-refractivity contribution in [1.29, 1.82) is 0 Å². The molecule has 1 aliphatic heterocycles. The Bertz CT molecular complexity index is 461. The smallest absolute Gasteiger partial charge is 0.239 e. The number of nitrogens with two attached hydrogens (primary N) is 1. The quantitative estimate of drug-likeness (QED) is 0.836. The highest BCUT2D eigenvalue weighted by atomic mass is 35.5. The summed E-state index contributed by atoms with van der Waals surface area (Å²) in [5, 5.41) is 10.5. The largest absolute Gasteiger partial charge is 0.388 e. The van der Waals surface area contributed by atoms with Crippen LogP contribution >= 0.6 is 12.4 Å².